The number of hydrogen-bond donors (Lipinski definition) is 0. The number of methoxy groups -OCH3 is 2. The SMILES string of the molecule is COCCN(CCOC)c1ncnc(Oc2cccc3ccc(C)nc23)c1[N+](=O)[O-]. The van der Waals surface area contributed by atoms with E-state index in [1.165, 1.54) is 6.33 Å². The Balaban J connectivity index is 2.05. The smallest absolute Gasteiger partial charge is 0.373 e. The highest BCUT2D eigenvalue weighted by Crippen LogP contribution is 2.37. The molecule has 1 aromatic carbocycles. The second kappa shape index (κ2) is 9.90. The Bertz CT molecular complexity index is 1020. The van der Waals surface area contributed by atoms with Gasteiger partial charge in [0.2, 0.25) is 5.82 Å². The molecule has 3 aromatic rings. The minimum absolute atomic E-state index is 0.142. The van der Waals surface area contributed by atoms with E-state index in [2.05, 4.69) is 15.0 Å². The summed E-state index contributed by atoms with van der Waals surface area (Å²) in [4.78, 5) is 25.8. The first-order valence-electron chi connectivity index (χ1n) is 9.31. The van der Waals surface area contributed by atoms with Crippen LogP contribution in [-0.4, -0.2) is 60.4 Å². The van der Waals surface area contributed by atoms with Crippen LogP contribution in [0.25, 0.3) is 10.9 Å². The zero-order valence-corrected chi connectivity index (χ0v) is 17.1. The summed E-state index contributed by atoms with van der Waals surface area (Å²) in [7, 11) is 3.12. The Hall–Kier alpha value is -3.37. The van der Waals surface area contributed by atoms with Gasteiger partial charge in [0.05, 0.1) is 18.1 Å². The molecule has 0 atom stereocenters. The minimum Gasteiger partial charge on any atom is -0.431 e. The van der Waals surface area contributed by atoms with Crippen LogP contribution in [0, 0.1) is 17.0 Å². The number of pyridine rings is 1. The molecule has 158 valence electrons. The van der Waals surface area contributed by atoms with Crippen molar-refractivity contribution in [2.75, 3.05) is 45.4 Å². The normalized spacial score (nSPS) is 10.9. The third-order valence-electron chi connectivity index (χ3n) is 4.41. The van der Waals surface area contributed by atoms with Crippen molar-refractivity contribution in [2.24, 2.45) is 0 Å². The van der Waals surface area contributed by atoms with E-state index in [4.69, 9.17) is 14.2 Å². The van der Waals surface area contributed by atoms with Crippen molar-refractivity contribution in [3.63, 3.8) is 0 Å². The zero-order chi connectivity index (χ0) is 21.5. The van der Waals surface area contributed by atoms with Crippen molar-refractivity contribution in [3.05, 3.63) is 52.5 Å². The molecule has 0 bridgehead atoms. The fourth-order valence-electron chi connectivity index (χ4n) is 2.95. The van der Waals surface area contributed by atoms with Gasteiger partial charge in [-0.3, -0.25) is 10.1 Å². The highest BCUT2D eigenvalue weighted by Gasteiger charge is 2.29. The number of anilines is 1. The van der Waals surface area contributed by atoms with Gasteiger partial charge in [-0.2, -0.15) is 4.98 Å². The van der Waals surface area contributed by atoms with Gasteiger partial charge >= 0.3 is 11.6 Å². The summed E-state index contributed by atoms with van der Waals surface area (Å²) in [6.07, 6.45) is 1.24. The molecule has 0 fully saturated rings. The Morgan fingerprint density at radius 1 is 1.07 bits per heavy atom. The molecule has 10 heteroatoms. The molecule has 0 amide bonds. The van der Waals surface area contributed by atoms with Gasteiger partial charge in [-0.05, 0) is 19.1 Å². The lowest BCUT2D eigenvalue weighted by Crippen LogP contribution is -2.32. The number of fused-ring (bicyclic) bond motifs is 1. The maximum absolute atomic E-state index is 11.9. The van der Waals surface area contributed by atoms with Crippen LogP contribution in [0.15, 0.2) is 36.7 Å². The lowest BCUT2D eigenvalue weighted by atomic mass is 10.2. The number of hydrogen-bond acceptors (Lipinski definition) is 9. The van der Waals surface area contributed by atoms with E-state index in [1.54, 1.807) is 31.3 Å². The van der Waals surface area contributed by atoms with Crippen LogP contribution < -0.4 is 9.64 Å². The molecular formula is C20H23N5O5. The average Bonchev–Trinajstić information content (AvgIpc) is 2.74. The highest BCUT2D eigenvalue weighted by molar-refractivity contribution is 5.85. The van der Waals surface area contributed by atoms with E-state index in [1.807, 2.05) is 25.1 Å². The van der Waals surface area contributed by atoms with E-state index in [-0.39, 0.29) is 17.4 Å². The molecule has 0 aliphatic heterocycles. The molecule has 0 unspecified atom stereocenters. The van der Waals surface area contributed by atoms with Crippen molar-refractivity contribution in [1.29, 1.82) is 0 Å². The molecule has 0 saturated heterocycles. The maximum Gasteiger partial charge on any atom is 0.373 e. The molecule has 0 radical (unpaired) electrons. The van der Waals surface area contributed by atoms with E-state index >= 15 is 0 Å². The summed E-state index contributed by atoms with van der Waals surface area (Å²) in [5.41, 5.74) is 1.08. The Morgan fingerprint density at radius 3 is 2.47 bits per heavy atom. The van der Waals surface area contributed by atoms with Crippen molar-refractivity contribution in [3.8, 4) is 11.6 Å². The summed E-state index contributed by atoms with van der Waals surface area (Å²) in [5, 5.41) is 12.8. The fourth-order valence-corrected chi connectivity index (χ4v) is 2.95. The standard InChI is InChI=1S/C20H23N5O5/c1-14-7-8-15-5-4-6-16(17(15)23-14)30-20-18(25(26)27)19(21-13-22-20)24(9-11-28-2)10-12-29-3/h4-8,13H,9-12H2,1-3H3. The van der Waals surface area contributed by atoms with E-state index in [0.29, 0.717) is 37.6 Å². The van der Waals surface area contributed by atoms with Gasteiger partial charge in [0, 0.05) is 38.4 Å². The maximum atomic E-state index is 11.9. The number of benzene rings is 1. The number of aromatic nitrogens is 3. The zero-order valence-electron chi connectivity index (χ0n) is 17.1. The van der Waals surface area contributed by atoms with E-state index in [0.717, 1.165) is 11.1 Å². The summed E-state index contributed by atoms with van der Waals surface area (Å²) < 4.78 is 16.1. The molecule has 0 aliphatic carbocycles. The van der Waals surface area contributed by atoms with Crippen molar-refractivity contribution >= 4 is 22.4 Å². The molecule has 0 spiro atoms. The fraction of sp³-hybridized carbons (Fsp3) is 0.350. The largest absolute Gasteiger partial charge is 0.431 e. The van der Waals surface area contributed by atoms with E-state index < -0.39 is 4.92 Å². The van der Waals surface area contributed by atoms with Gasteiger partial charge in [0.25, 0.3) is 0 Å². The van der Waals surface area contributed by atoms with Gasteiger partial charge < -0.3 is 19.1 Å². The Kier molecular flexibility index (Phi) is 7.04. The van der Waals surface area contributed by atoms with E-state index in [9.17, 15) is 10.1 Å². The van der Waals surface area contributed by atoms with Crippen molar-refractivity contribution in [2.45, 2.75) is 6.92 Å². The van der Waals surface area contributed by atoms with Crippen LogP contribution in [0.2, 0.25) is 0 Å². The molecule has 10 nitrogen and oxygen atoms in total. The molecule has 0 aliphatic rings. The number of rotatable bonds is 10. The molecule has 2 heterocycles. The topological polar surface area (TPSA) is 113 Å². The van der Waals surface area contributed by atoms with Crippen LogP contribution >= 0.6 is 0 Å². The van der Waals surface area contributed by atoms with Gasteiger partial charge in [-0.15, -0.1) is 0 Å². The quantitative estimate of drug-likeness (QED) is 0.365. The number of nitro groups is 1. The summed E-state index contributed by atoms with van der Waals surface area (Å²) >= 11 is 0. The monoisotopic (exact) mass is 413 g/mol. The number of ether oxygens (including phenoxy) is 3. The summed E-state index contributed by atoms with van der Waals surface area (Å²) in [6, 6.07) is 9.20. The molecule has 30 heavy (non-hydrogen) atoms. The highest BCUT2D eigenvalue weighted by atomic mass is 16.6. The van der Waals surface area contributed by atoms with Gasteiger partial charge in [-0.25, -0.2) is 9.97 Å². The van der Waals surface area contributed by atoms with Gasteiger partial charge in [-0.1, -0.05) is 18.2 Å². The van der Waals surface area contributed by atoms with Crippen molar-refractivity contribution in [1.82, 2.24) is 15.0 Å². The molecule has 3 rings (SSSR count). The summed E-state index contributed by atoms with van der Waals surface area (Å²) in [6.45, 7) is 3.39. The molecular weight excluding hydrogens is 390 g/mol. The molecule has 2 aromatic heterocycles. The first kappa shape index (κ1) is 21.3. The number of aryl methyl sites for hydroxylation is 1. The predicted molar refractivity (Wildman–Crippen MR) is 111 cm³/mol. The Labute approximate surface area is 173 Å². The second-order valence-corrected chi connectivity index (χ2v) is 6.46. The van der Waals surface area contributed by atoms with Crippen LogP contribution in [0.1, 0.15) is 5.69 Å². The molecule has 0 N–H and O–H groups in total. The second-order valence-electron chi connectivity index (χ2n) is 6.46. The van der Waals surface area contributed by atoms with Crippen molar-refractivity contribution < 1.29 is 19.1 Å². The van der Waals surface area contributed by atoms with Gasteiger partial charge in [0.15, 0.2) is 5.75 Å². The van der Waals surface area contributed by atoms with Crippen LogP contribution in [-0.2, 0) is 9.47 Å². The molecule has 0 saturated carbocycles. The van der Waals surface area contributed by atoms with Crippen LogP contribution in [0.5, 0.6) is 11.6 Å². The lowest BCUT2D eigenvalue weighted by molar-refractivity contribution is -0.385. The average molecular weight is 413 g/mol. The Morgan fingerprint density at radius 2 is 1.80 bits per heavy atom. The third kappa shape index (κ3) is 4.78. The number of nitrogens with zero attached hydrogens (tertiary/aromatic N) is 5. The lowest BCUT2D eigenvalue weighted by Gasteiger charge is -2.22. The summed E-state index contributed by atoms with van der Waals surface area (Å²) in [5.74, 6) is 0.369. The third-order valence-corrected chi connectivity index (χ3v) is 4.41. The predicted octanol–water partition coefficient (Wildman–Crippen LogP) is 3.13. The van der Waals surface area contributed by atoms with Crippen LogP contribution in [0.3, 0.4) is 0 Å². The number of para-hydroxylation sites is 1. The first-order valence-corrected chi connectivity index (χ1v) is 9.31. The van der Waals surface area contributed by atoms with Gasteiger partial charge in [0.1, 0.15) is 11.8 Å². The first-order chi connectivity index (χ1) is 14.5. The minimum atomic E-state index is -0.541. The van der Waals surface area contributed by atoms with Crippen LogP contribution in [0.4, 0.5) is 11.5 Å².